The molecule has 2 N–H and O–H groups in total. The van der Waals surface area contributed by atoms with Gasteiger partial charge in [0.05, 0.1) is 11.8 Å². The monoisotopic (exact) mass is 431 g/mol. The molecule has 1 aliphatic rings. The zero-order valence-corrected chi connectivity index (χ0v) is 17.5. The first-order valence-electron chi connectivity index (χ1n) is 10.6. The molecule has 0 bridgehead atoms. The van der Waals surface area contributed by atoms with Gasteiger partial charge in [-0.1, -0.05) is 0 Å². The van der Waals surface area contributed by atoms with Crippen molar-refractivity contribution in [3.8, 4) is 22.5 Å². The second-order valence-corrected chi connectivity index (χ2v) is 8.15. The number of amides is 1. The number of hydrogen-bond acceptors (Lipinski definition) is 5. The summed E-state index contributed by atoms with van der Waals surface area (Å²) in [5, 5.41) is 17.0. The Kier molecular flexibility index (Phi) is 5.14. The maximum atomic E-state index is 13.9. The molecule has 5 rings (SSSR count). The number of fused-ring (bicyclic) bond motifs is 1. The number of carbonyl (C=O) groups is 1. The summed E-state index contributed by atoms with van der Waals surface area (Å²) in [7, 11) is 0. The fourth-order valence-corrected chi connectivity index (χ4v) is 4.21. The van der Waals surface area contributed by atoms with Gasteiger partial charge in [0.15, 0.2) is 5.65 Å². The summed E-state index contributed by atoms with van der Waals surface area (Å²) in [6, 6.07) is 12.2. The molecular weight excluding hydrogens is 409 g/mol. The summed E-state index contributed by atoms with van der Waals surface area (Å²) in [6.45, 7) is 1.71. The van der Waals surface area contributed by atoms with Gasteiger partial charge in [0, 0.05) is 29.4 Å². The molecule has 0 radical (unpaired) electrons. The van der Waals surface area contributed by atoms with Gasteiger partial charge in [-0.05, 0) is 74.2 Å². The van der Waals surface area contributed by atoms with Gasteiger partial charge in [0.1, 0.15) is 17.3 Å². The Morgan fingerprint density at radius 1 is 1.16 bits per heavy atom. The fourth-order valence-electron chi connectivity index (χ4n) is 4.21. The number of nitrogens with zero attached hydrogens (tertiary/aromatic N) is 4. The Hall–Kier alpha value is -3.65. The first kappa shape index (κ1) is 20.3. The third kappa shape index (κ3) is 3.73. The Labute approximate surface area is 184 Å². The fraction of sp³-hybridized carbons (Fsp3) is 0.250. The second-order valence-electron chi connectivity index (χ2n) is 8.15. The molecule has 2 unspecified atom stereocenters. The lowest BCUT2D eigenvalue weighted by Crippen LogP contribution is -2.21. The summed E-state index contributed by atoms with van der Waals surface area (Å²) in [5.41, 5.74) is 4.10. The topological polar surface area (TPSA) is 92.4 Å². The molecule has 0 spiro atoms. The minimum atomic E-state index is -0.420. The number of aromatic nitrogens is 4. The van der Waals surface area contributed by atoms with Crippen molar-refractivity contribution in [3.05, 3.63) is 66.2 Å². The van der Waals surface area contributed by atoms with Gasteiger partial charge in [-0.25, -0.2) is 18.9 Å². The molecule has 3 heterocycles. The summed E-state index contributed by atoms with van der Waals surface area (Å²) in [5.74, 6) is -0.216. The Morgan fingerprint density at radius 3 is 2.81 bits per heavy atom. The van der Waals surface area contributed by atoms with E-state index in [0.29, 0.717) is 42.0 Å². The van der Waals surface area contributed by atoms with E-state index < -0.39 is 6.10 Å². The van der Waals surface area contributed by atoms with Crippen molar-refractivity contribution in [3.63, 3.8) is 0 Å². The smallest absolute Gasteiger partial charge is 0.228 e. The van der Waals surface area contributed by atoms with Crippen LogP contribution in [0.3, 0.4) is 0 Å². The van der Waals surface area contributed by atoms with Crippen LogP contribution in [0.25, 0.3) is 28.2 Å². The van der Waals surface area contributed by atoms with E-state index in [-0.39, 0.29) is 17.6 Å². The number of nitrogens with one attached hydrogen (secondary N) is 1. The van der Waals surface area contributed by atoms with Crippen LogP contribution in [-0.2, 0) is 4.79 Å². The number of aryl methyl sites for hydroxylation is 1. The van der Waals surface area contributed by atoms with Gasteiger partial charge in [-0.2, -0.15) is 5.10 Å². The molecule has 162 valence electrons. The minimum absolute atomic E-state index is 0.142. The number of aliphatic hydroxyl groups is 1. The van der Waals surface area contributed by atoms with Gasteiger partial charge in [-0.3, -0.25) is 4.79 Å². The normalized spacial score (nSPS) is 18.2. The molecule has 7 nitrogen and oxygen atoms in total. The highest BCUT2D eigenvalue weighted by Crippen LogP contribution is 2.34. The third-order valence-corrected chi connectivity index (χ3v) is 5.88. The van der Waals surface area contributed by atoms with Crippen LogP contribution in [-0.4, -0.2) is 36.7 Å². The van der Waals surface area contributed by atoms with E-state index in [1.807, 2.05) is 12.1 Å². The van der Waals surface area contributed by atoms with E-state index in [0.717, 1.165) is 16.8 Å². The number of hydrogen-bond donors (Lipinski definition) is 2. The SMILES string of the molecule is Cc1cc(-c2nc3cccnn3c2-c2ccnc(NC(=O)C3CCC(O)C3)c2)ccc1F. The van der Waals surface area contributed by atoms with E-state index in [1.165, 1.54) is 6.07 Å². The molecule has 1 aliphatic carbocycles. The molecule has 0 aliphatic heterocycles. The molecule has 0 saturated heterocycles. The largest absolute Gasteiger partial charge is 0.393 e. The van der Waals surface area contributed by atoms with E-state index in [2.05, 4.69) is 15.4 Å². The lowest BCUT2D eigenvalue weighted by molar-refractivity contribution is -0.119. The molecule has 1 amide bonds. The zero-order valence-electron chi connectivity index (χ0n) is 17.5. The lowest BCUT2D eigenvalue weighted by atomic mass is 10.0. The Balaban J connectivity index is 1.56. The number of imidazole rings is 1. The molecule has 1 aromatic carbocycles. The number of pyridine rings is 1. The standard InChI is InChI=1S/C24H22FN5O2/c1-14-11-15(5-7-19(14)25)22-23(30-21(29-22)3-2-9-27-30)16-8-10-26-20(13-16)28-24(32)17-4-6-18(31)12-17/h2-3,5,7-11,13,17-18,31H,4,6,12H2,1H3,(H,26,28,32). The van der Waals surface area contributed by atoms with Crippen molar-refractivity contribution in [2.75, 3.05) is 5.32 Å². The number of rotatable bonds is 4. The van der Waals surface area contributed by atoms with Gasteiger partial charge < -0.3 is 10.4 Å². The molecule has 1 fully saturated rings. The van der Waals surface area contributed by atoms with Crippen molar-refractivity contribution in [2.45, 2.75) is 32.3 Å². The minimum Gasteiger partial charge on any atom is -0.393 e. The van der Waals surface area contributed by atoms with Crippen LogP contribution in [0.15, 0.2) is 54.9 Å². The predicted octanol–water partition coefficient (Wildman–Crippen LogP) is 4.01. The number of halogens is 1. The molecule has 32 heavy (non-hydrogen) atoms. The van der Waals surface area contributed by atoms with Crippen LogP contribution >= 0.6 is 0 Å². The van der Waals surface area contributed by atoms with E-state index in [1.54, 1.807) is 48.1 Å². The van der Waals surface area contributed by atoms with Crippen LogP contribution in [0.2, 0.25) is 0 Å². The van der Waals surface area contributed by atoms with Gasteiger partial charge in [-0.15, -0.1) is 0 Å². The number of carbonyl (C=O) groups excluding carboxylic acids is 1. The predicted molar refractivity (Wildman–Crippen MR) is 118 cm³/mol. The Morgan fingerprint density at radius 2 is 2.03 bits per heavy atom. The average molecular weight is 431 g/mol. The average Bonchev–Trinajstić information content (AvgIpc) is 3.39. The Bertz CT molecular complexity index is 1320. The van der Waals surface area contributed by atoms with E-state index >= 15 is 0 Å². The summed E-state index contributed by atoms with van der Waals surface area (Å²) in [6.07, 6.45) is 4.65. The molecule has 2 atom stereocenters. The second kappa shape index (κ2) is 8.12. The maximum absolute atomic E-state index is 13.9. The van der Waals surface area contributed by atoms with Gasteiger partial charge in [0.2, 0.25) is 5.91 Å². The molecule has 8 heteroatoms. The van der Waals surface area contributed by atoms with Crippen molar-refractivity contribution < 1.29 is 14.3 Å². The lowest BCUT2D eigenvalue weighted by Gasteiger charge is -2.11. The first-order valence-corrected chi connectivity index (χ1v) is 10.6. The van der Waals surface area contributed by atoms with Crippen molar-refractivity contribution in [1.82, 2.24) is 19.6 Å². The van der Waals surface area contributed by atoms with Gasteiger partial charge >= 0.3 is 0 Å². The van der Waals surface area contributed by atoms with Crippen LogP contribution in [0, 0.1) is 18.7 Å². The highest BCUT2D eigenvalue weighted by atomic mass is 19.1. The quantitative estimate of drug-likeness (QED) is 0.509. The van der Waals surface area contributed by atoms with E-state index in [4.69, 9.17) is 4.98 Å². The number of benzene rings is 1. The first-order chi connectivity index (χ1) is 15.5. The van der Waals surface area contributed by atoms with Crippen LogP contribution in [0.4, 0.5) is 10.2 Å². The van der Waals surface area contributed by atoms with Crippen LogP contribution in [0.5, 0.6) is 0 Å². The van der Waals surface area contributed by atoms with Crippen LogP contribution < -0.4 is 5.32 Å². The summed E-state index contributed by atoms with van der Waals surface area (Å²) < 4.78 is 15.6. The molecule has 1 saturated carbocycles. The van der Waals surface area contributed by atoms with Gasteiger partial charge in [0.25, 0.3) is 0 Å². The zero-order chi connectivity index (χ0) is 22.2. The molecule has 4 aromatic rings. The number of anilines is 1. The third-order valence-electron chi connectivity index (χ3n) is 5.88. The van der Waals surface area contributed by atoms with E-state index in [9.17, 15) is 14.3 Å². The summed E-state index contributed by atoms with van der Waals surface area (Å²) >= 11 is 0. The van der Waals surface area contributed by atoms with Crippen LogP contribution in [0.1, 0.15) is 24.8 Å². The molecular formula is C24H22FN5O2. The highest BCUT2D eigenvalue weighted by molar-refractivity contribution is 5.93. The van der Waals surface area contributed by atoms with Crippen molar-refractivity contribution in [2.24, 2.45) is 5.92 Å². The summed E-state index contributed by atoms with van der Waals surface area (Å²) in [4.78, 5) is 21.6. The van der Waals surface area contributed by atoms with Crippen molar-refractivity contribution in [1.29, 1.82) is 0 Å². The molecule has 3 aromatic heterocycles. The maximum Gasteiger partial charge on any atom is 0.228 e. The highest BCUT2D eigenvalue weighted by Gasteiger charge is 2.29. The van der Waals surface area contributed by atoms with Crippen molar-refractivity contribution >= 4 is 17.4 Å². The number of aliphatic hydroxyl groups excluding tert-OH is 1.